The van der Waals surface area contributed by atoms with E-state index in [2.05, 4.69) is 10.3 Å². The predicted molar refractivity (Wildman–Crippen MR) is 94.5 cm³/mol. The highest BCUT2D eigenvalue weighted by atomic mass is 32.1. The van der Waals surface area contributed by atoms with Crippen molar-refractivity contribution in [1.29, 1.82) is 0 Å². The molecule has 24 heavy (non-hydrogen) atoms. The lowest BCUT2D eigenvalue weighted by atomic mass is 10.2. The van der Waals surface area contributed by atoms with Gasteiger partial charge >= 0.3 is 0 Å². The van der Waals surface area contributed by atoms with Crippen LogP contribution in [0.4, 0.5) is 0 Å². The number of carbonyl (C=O) groups excluding carboxylic acids is 1. The highest BCUT2D eigenvalue weighted by molar-refractivity contribution is 7.18. The van der Waals surface area contributed by atoms with E-state index in [-0.39, 0.29) is 11.5 Å². The Hall–Kier alpha value is -2.99. The summed E-state index contributed by atoms with van der Waals surface area (Å²) in [6, 6.07) is 18.4. The standard InChI is InChI=1S/C18H13N3O2S/c22-16-10-15(17(23)19-11-12-6-2-1-3-7-12)24-18-20-13-8-4-5-9-14(13)21(16)18/h1-10H,11H2,(H,19,23). The molecule has 2 aromatic heterocycles. The second-order valence-electron chi connectivity index (χ2n) is 5.34. The maximum absolute atomic E-state index is 12.4. The van der Waals surface area contributed by atoms with Gasteiger partial charge in [-0.05, 0) is 17.7 Å². The molecule has 5 nitrogen and oxygen atoms in total. The molecule has 0 unspecified atom stereocenters. The molecule has 0 radical (unpaired) electrons. The lowest BCUT2D eigenvalue weighted by Crippen LogP contribution is -2.24. The van der Waals surface area contributed by atoms with Crippen LogP contribution in [-0.4, -0.2) is 15.3 Å². The molecule has 0 aliphatic carbocycles. The van der Waals surface area contributed by atoms with E-state index in [1.165, 1.54) is 21.8 Å². The Morgan fingerprint density at radius 1 is 1.08 bits per heavy atom. The van der Waals surface area contributed by atoms with Gasteiger partial charge in [0.05, 0.1) is 11.0 Å². The number of benzene rings is 2. The van der Waals surface area contributed by atoms with Crippen LogP contribution in [0.1, 0.15) is 15.2 Å². The van der Waals surface area contributed by atoms with Crippen molar-refractivity contribution in [2.45, 2.75) is 6.54 Å². The first kappa shape index (κ1) is 14.6. The molecule has 4 aromatic rings. The van der Waals surface area contributed by atoms with Crippen LogP contribution in [0.5, 0.6) is 0 Å². The Balaban J connectivity index is 1.68. The average Bonchev–Trinajstić information content (AvgIpc) is 2.99. The fourth-order valence-corrected chi connectivity index (χ4v) is 3.51. The first-order valence-corrected chi connectivity index (χ1v) is 8.27. The maximum Gasteiger partial charge on any atom is 0.261 e. The largest absolute Gasteiger partial charge is 0.347 e. The van der Waals surface area contributed by atoms with Crippen LogP contribution in [0.15, 0.2) is 65.5 Å². The van der Waals surface area contributed by atoms with Crippen molar-refractivity contribution in [3.63, 3.8) is 0 Å². The Morgan fingerprint density at radius 2 is 1.83 bits per heavy atom. The van der Waals surface area contributed by atoms with Gasteiger partial charge in [0.15, 0.2) is 4.96 Å². The number of para-hydroxylation sites is 2. The van der Waals surface area contributed by atoms with Gasteiger partial charge in [-0.15, -0.1) is 0 Å². The SMILES string of the molecule is O=C(NCc1ccccc1)c1cc(=O)n2c(nc3ccccc32)s1. The highest BCUT2D eigenvalue weighted by Gasteiger charge is 2.13. The quantitative estimate of drug-likeness (QED) is 0.626. The molecular formula is C18H13N3O2S. The molecule has 1 N–H and O–H groups in total. The van der Waals surface area contributed by atoms with Crippen molar-refractivity contribution in [3.8, 4) is 0 Å². The maximum atomic E-state index is 12.4. The number of nitrogens with zero attached hydrogens (tertiary/aromatic N) is 2. The molecular weight excluding hydrogens is 322 g/mol. The second-order valence-corrected chi connectivity index (χ2v) is 6.34. The minimum Gasteiger partial charge on any atom is -0.347 e. The van der Waals surface area contributed by atoms with Crippen molar-refractivity contribution in [1.82, 2.24) is 14.7 Å². The summed E-state index contributed by atoms with van der Waals surface area (Å²) in [5.74, 6) is -0.268. The van der Waals surface area contributed by atoms with Gasteiger partial charge in [0.2, 0.25) is 0 Å². The molecule has 1 amide bonds. The molecule has 6 heteroatoms. The zero-order valence-corrected chi connectivity index (χ0v) is 13.4. The summed E-state index contributed by atoms with van der Waals surface area (Å²) in [6.07, 6.45) is 0. The lowest BCUT2D eigenvalue weighted by molar-refractivity contribution is 0.0954. The third kappa shape index (κ3) is 2.57. The Bertz CT molecular complexity index is 1100. The molecule has 2 heterocycles. The molecule has 0 aliphatic rings. The van der Waals surface area contributed by atoms with Crippen LogP contribution in [0.25, 0.3) is 16.0 Å². The van der Waals surface area contributed by atoms with E-state index in [9.17, 15) is 9.59 Å². The van der Waals surface area contributed by atoms with Crippen molar-refractivity contribution in [3.05, 3.63) is 81.5 Å². The van der Waals surface area contributed by atoms with E-state index in [4.69, 9.17) is 0 Å². The first-order valence-electron chi connectivity index (χ1n) is 7.46. The van der Waals surface area contributed by atoms with Gasteiger partial charge < -0.3 is 5.32 Å². The van der Waals surface area contributed by atoms with Crippen LogP contribution in [0.2, 0.25) is 0 Å². The van der Waals surface area contributed by atoms with Gasteiger partial charge in [-0.1, -0.05) is 53.8 Å². The van der Waals surface area contributed by atoms with Gasteiger partial charge in [-0.3, -0.25) is 14.0 Å². The summed E-state index contributed by atoms with van der Waals surface area (Å²) in [5, 5.41) is 2.84. The summed E-state index contributed by atoms with van der Waals surface area (Å²) in [6.45, 7) is 0.419. The number of rotatable bonds is 3. The molecule has 118 valence electrons. The zero-order valence-electron chi connectivity index (χ0n) is 12.6. The van der Waals surface area contributed by atoms with Gasteiger partial charge in [0.25, 0.3) is 11.5 Å². The number of hydrogen-bond acceptors (Lipinski definition) is 4. The summed E-state index contributed by atoms with van der Waals surface area (Å²) in [4.78, 5) is 30.1. The third-order valence-electron chi connectivity index (χ3n) is 3.73. The number of amides is 1. The zero-order chi connectivity index (χ0) is 16.5. The van der Waals surface area contributed by atoms with Gasteiger partial charge in [-0.2, -0.15) is 0 Å². The van der Waals surface area contributed by atoms with Crippen LogP contribution >= 0.6 is 11.3 Å². The minimum atomic E-state index is -0.268. The van der Waals surface area contributed by atoms with Crippen LogP contribution in [0, 0.1) is 0 Å². The number of fused-ring (bicyclic) bond motifs is 3. The number of aromatic nitrogens is 2. The lowest BCUT2D eigenvalue weighted by Gasteiger charge is -2.05. The summed E-state index contributed by atoms with van der Waals surface area (Å²) in [5.41, 5.74) is 2.26. The Labute approximate surface area is 141 Å². The van der Waals surface area contributed by atoms with E-state index in [1.54, 1.807) is 0 Å². The summed E-state index contributed by atoms with van der Waals surface area (Å²) >= 11 is 1.21. The molecule has 0 saturated heterocycles. The van der Waals surface area contributed by atoms with E-state index in [0.717, 1.165) is 16.6 Å². The van der Waals surface area contributed by atoms with E-state index >= 15 is 0 Å². The van der Waals surface area contributed by atoms with Gasteiger partial charge in [0, 0.05) is 12.6 Å². The van der Waals surface area contributed by atoms with Crippen molar-refractivity contribution < 1.29 is 4.79 Å². The molecule has 2 aromatic carbocycles. The third-order valence-corrected chi connectivity index (χ3v) is 4.71. The Morgan fingerprint density at radius 3 is 2.67 bits per heavy atom. The number of carbonyl (C=O) groups is 1. The molecule has 0 spiro atoms. The Kier molecular flexibility index (Phi) is 3.59. The van der Waals surface area contributed by atoms with Crippen molar-refractivity contribution >= 4 is 33.2 Å². The average molecular weight is 335 g/mol. The van der Waals surface area contributed by atoms with Gasteiger partial charge in [-0.25, -0.2) is 4.98 Å². The van der Waals surface area contributed by atoms with Crippen LogP contribution in [-0.2, 0) is 6.54 Å². The minimum absolute atomic E-state index is 0.248. The summed E-state index contributed by atoms with van der Waals surface area (Å²) in [7, 11) is 0. The van der Waals surface area contributed by atoms with Crippen molar-refractivity contribution in [2.24, 2.45) is 0 Å². The fourth-order valence-electron chi connectivity index (χ4n) is 2.57. The number of imidazole rings is 1. The predicted octanol–water partition coefficient (Wildman–Crippen LogP) is 2.84. The monoisotopic (exact) mass is 335 g/mol. The second kappa shape index (κ2) is 5.90. The number of hydrogen-bond donors (Lipinski definition) is 1. The molecule has 4 rings (SSSR count). The molecule has 0 aliphatic heterocycles. The topological polar surface area (TPSA) is 63.5 Å². The molecule has 0 saturated carbocycles. The van der Waals surface area contributed by atoms with Crippen LogP contribution < -0.4 is 10.9 Å². The smallest absolute Gasteiger partial charge is 0.261 e. The van der Waals surface area contributed by atoms with Crippen molar-refractivity contribution in [2.75, 3.05) is 0 Å². The molecule has 0 bridgehead atoms. The molecule has 0 atom stereocenters. The van der Waals surface area contributed by atoms with E-state index in [1.807, 2.05) is 54.6 Å². The summed E-state index contributed by atoms with van der Waals surface area (Å²) < 4.78 is 1.54. The fraction of sp³-hybridized carbons (Fsp3) is 0.0556. The number of nitrogens with one attached hydrogen (secondary N) is 1. The highest BCUT2D eigenvalue weighted by Crippen LogP contribution is 2.19. The van der Waals surface area contributed by atoms with Crippen LogP contribution in [0.3, 0.4) is 0 Å². The van der Waals surface area contributed by atoms with Gasteiger partial charge in [0.1, 0.15) is 4.88 Å². The first-order chi connectivity index (χ1) is 11.7. The van der Waals surface area contributed by atoms with E-state index < -0.39 is 0 Å². The molecule has 0 fully saturated rings. The van der Waals surface area contributed by atoms with E-state index in [0.29, 0.717) is 16.4 Å². The normalized spacial score (nSPS) is 11.0.